The lowest BCUT2D eigenvalue weighted by molar-refractivity contribution is 0.155. The standard InChI is InChI=1S/C21H30/c1-4-15-9-11-18-17-10-8-16-7-5-6-13-20(16,2)19(17)12-14-21(15,18)3/h7-8,10,15,19H,4-6,9,11-14H2,1-3H3/t15-,19-,20-,21+/m0/s1. The van der Waals surface area contributed by atoms with E-state index in [1.807, 2.05) is 5.57 Å². The van der Waals surface area contributed by atoms with Gasteiger partial charge < -0.3 is 0 Å². The Kier molecular flexibility index (Phi) is 3.04. The van der Waals surface area contributed by atoms with Crippen LogP contribution in [0, 0.1) is 22.7 Å². The summed E-state index contributed by atoms with van der Waals surface area (Å²) in [5.74, 6) is 1.75. The van der Waals surface area contributed by atoms with Gasteiger partial charge in [0.25, 0.3) is 0 Å². The van der Waals surface area contributed by atoms with Crippen molar-refractivity contribution in [2.75, 3.05) is 0 Å². The third-order valence-electron chi connectivity index (χ3n) is 7.64. The maximum atomic E-state index is 2.58. The van der Waals surface area contributed by atoms with Gasteiger partial charge in [-0.2, -0.15) is 0 Å². The van der Waals surface area contributed by atoms with Gasteiger partial charge in [0.05, 0.1) is 0 Å². The lowest BCUT2D eigenvalue weighted by Gasteiger charge is -2.50. The second-order valence-electron chi connectivity index (χ2n) is 8.39. The molecule has 0 aromatic heterocycles. The average molecular weight is 282 g/mol. The van der Waals surface area contributed by atoms with E-state index in [1.54, 1.807) is 11.1 Å². The molecule has 0 aromatic rings. The zero-order valence-corrected chi connectivity index (χ0v) is 14.0. The summed E-state index contributed by atoms with van der Waals surface area (Å²) in [5, 5.41) is 0. The SMILES string of the molecule is CC[C@H]1CCC2=C3C=CC4=CCCC[C@]4(C)[C@H]3CC[C@@]21C. The minimum Gasteiger partial charge on any atom is -0.0807 e. The van der Waals surface area contributed by atoms with Gasteiger partial charge in [-0.1, -0.05) is 51.0 Å². The van der Waals surface area contributed by atoms with E-state index < -0.39 is 0 Å². The van der Waals surface area contributed by atoms with Crippen molar-refractivity contribution in [2.24, 2.45) is 22.7 Å². The molecule has 0 heterocycles. The summed E-state index contributed by atoms with van der Waals surface area (Å²) in [4.78, 5) is 0. The number of hydrogen-bond donors (Lipinski definition) is 0. The number of allylic oxidation sites excluding steroid dienone is 6. The molecule has 4 rings (SSSR count). The van der Waals surface area contributed by atoms with Crippen molar-refractivity contribution in [1.29, 1.82) is 0 Å². The zero-order chi connectivity index (χ0) is 14.7. The second kappa shape index (κ2) is 4.61. The van der Waals surface area contributed by atoms with E-state index in [9.17, 15) is 0 Å². The third-order valence-corrected chi connectivity index (χ3v) is 7.64. The van der Waals surface area contributed by atoms with Gasteiger partial charge in [0, 0.05) is 0 Å². The molecule has 0 bridgehead atoms. The van der Waals surface area contributed by atoms with E-state index in [4.69, 9.17) is 0 Å². The fourth-order valence-corrected chi connectivity index (χ4v) is 6.26. The highest BCUT2D eigenvalue weighted by atomic mass is 14.6. The van der Waals surface area contributed by atoms with Crippen LogP contribution in [-0.4, -0.2) is 0 Å². The topological polar surface area (TPSA) is 0 Å². The monoisotopic (exact) mass is 282 g/mol. The van der Waals surface area contributed by atoms with Crippen molar-refractivity contribution in [2.45, 2.75) is 72.1 Å². The van der Waals surface area contributed by atoms with Crippen LogP contribution >= 0.6 is 0 Å². The van der Waals surface area contributed by atoms with Crippen LogP contribution in [0.25, 0.3) is 0 Å². The summed E-state index contributed by atoms with van der Waals surface area (Å²) in [6.07, 6.45) is 18.6. The summed E-state index contributed by atoms with van der Waals surface area (Å²) in [7, 11) is 0. The van der Waals surface area contributed by atoms with Gasteiger partial charge in [-0.3, -0.25) is 0 Å². The van der Waals surface area contributed by atoms with Gasteiger partial charge >= 0.3 is 0 Å². The van der Waals surface area contributed by atoms with Crippen molar-refractivity contribution in [1.82, 2.24) is 0 Å². The van der Waals surface area contributed by atoms with Gasteiger partial charge in [-0.15, -0.1) is 0 Å². The van der Waals surface area contributed by atoms with Crippen LogP contribution in [0.4, 0.5) is 0 Å². The first-order valence-corrected chi connectivity index (χ1v) is 9.22. The van der Waals surface area contributed by atoms with E-state index in [-0.39, 0.29) is 0 Å². The quantitative estimate of drug-likeness (QED) is 0.536. The Labute approximate surface area is 130 Å². The molecule has 4 aliphatic rings. The minimum absolute atomic E-state index is 0.445. The van der Waals surface area contributed by atoms with Gasteiger partial charge in [0.1, 0.15) is 0 Å². The van der Waals surface area contributed by atoms with Crippen molar-refractivity contribution >= 4 is 0 Å². The van der Waals surface area contributed by atoms with Crippen molar-refractivity contribution in [3.8, 4) is 0 Å². The molecule has 0 saturated heterocycles. The summed E-state index contributed by atoms with van der Waals surface area (Å²) in [6, 6.07) is 0. The highest BCUT2D eigenvalue weighted by Crippen LogP contribution is 2.62. The van der Waals surface area contributed by atoms with E-state index in [0.717, 1.165) is 11.8 Å². The smallest absolute Gasteiger partial charge is 0.000970 e. The molecule has 4 aliphatic carbocycles. The first-order valence-electron chi connectivity index (χ1n) is 9.22. The van der Waals surface area contributed by atoms with Crippen LogP contribution in [0.15, 0.2) is 34.9 Å². The molecule has 1 fully saturated rings. The molecule has 114 valence electrons. The molecular formula is C21H30. The van der Waals surface area contributed by atoms with Crippen LogP contribution in [0.5, 0.6) is 0 Å². The van der Waals surface area contributed by atoms with Gasteiger partial charge in [0.15, 0.2) is 0 Å². The maximum absolute atomic E-state index is 2.58. The molecule has 0 amide bonds. The van der Waals surface area contributed by atoms with E-state index in [1.165, 1.54) is 51.4 Å². The highest BCUT2D eigenvalue weighted by Gasteiger charge is 2.51. The molecule has 0 heteroatoms. The Morgan fingerprint density at radius 1 is 1.10 bits per heavy atom. The fraction of sp³-hybridized carbons (Fsp3) is 0.714. The fourth-order valence-electron chi connectivity index (χ4n) is 6.26. The van der Waals surface area contributed by atoms with E-state index in [2.05, 4.69) is 39.0 Å². The molecule has 1 saturated carbocycles. The molecule has 0 N–H and O–H groups in total. The number of hydrogen-bond acceptors (Lipinski definition) is 0. The lowest BCUT2D eigenvalue weighted by atomic mass is 9.54. The maximum Gasteiger partial charge on any atom is -0.000970 e. The number of fused-ring (bicyclic) bond motifs is 4. The largest absolute Gasteiger partial charge is 0.0807 e. The Balaban J connectivity index is 1.84. The first-order chi connectivity index (χ1) is 10.1. The predicted molar refractivity (Wildman–Crippen MR) is 90.1 cm³/mol. The van der Waals surface area contributed by atoms with E-state index >= 15 is 0 Å². The Bertz CT molecular complexity index is 546. The van der Waals surface area contributed by atoms with Crippen molar-refractivity contribution in [3.63, 3.8) is 0 Å². The third kappa shape index (κ3) is 1.74. The summed E-state index contributed by atoms with van der Waals surface area (Å²) >= 11 is 0. The molecule has 0 aliphatic heterocycles. The summed E-state index contributed by atoms with van der Waals surface area (Å²) in [6.45, 7) is 7.53. The van der Waals surface area contributed by atoms with Crippen LogP contribution in [0.3, 0.4) is 0 Å². The Morgan fingerprint density at radius 3 is 2.76 bits per heavy atom. The molecule has 0 unspecified atom stereocenters. The van der Waals surface area contributed by atoms with Gasteiger partial charge in [-0.25, -0.2) is 0 Å². The minimum atomic E-state index is 0.445. The average Bonchev–Trinajstić information content (AvgIpc) is 2.83. The molecule has 0 nitrogen and oxygen atoms in total. The molecule has 0 aromatic carbocycles. The summed E-state index contributed by atoms with van der Waals surface area (Å²) < 4.78 is 0. The van der Waals surface area contributed by atoms with Crippen molar-refractivity contribution < 1.29 is 0 Å². The molecule has 0 radical (unpaired) electrons. The van der Waals surface area contributed by atoms with E-state index in [0.29, 0.717) is 10.8 Å². The van der Waals surface area contributed by atoms with Crippen LogP contribution in [0.2, 0.25) is 0 Å². The highest BCUT2D eigenvalue weighted by molar-refractivity contribution is 5.48. The molecule has 0 spiro atoms. The Morgan fingerprint density at radius 2 is 1.95 bits per heavy atom. The first kappa shape index (κ1) is 13.9. The van der Waals surface area contributed by atoms with Gasteiger partial charge in [0.2, 0.25) is 0 Å². The van der Waals surface area contributed by atoms with Gasteiger partial charge in [-0.05, 0) is 78.8 Å². The van der Waals surface area contributed by atoms with Crippen molar-refractivity contribution in [3.05, 3.63) is 34.9 Å². The predicted octanol–water partition coefficient (Wildman–Crippen LogP) is 6.21. The lowest BCUT2D eigenvalue weighted by Crippen LogP contribution is -2.40. The van der Waals surface area contributed by atoms with Crippen LogP contribution < -0.4 is 0 Å². The molecule has 21 heavy (non-hydrogen) atoms. The normalized spacial score (nSPS) is 45.0. The Hall–Kier alpha value is -0.780. The second-order valence-corrected chi connectivity index (χ2v) is 8.39. The molecular weight excluding hydrogens is 252 g/mol. The van der Waals surface area contributed by atoms with Crippen LogP contribution in [-0.2, 0) is 0 Å². The number of rotatable bonds is 1. The zero-order valence-electron chi connectivity index (χ0n) is 14.0. The van der Waals surface area contributed by atoms with Crippen LogP contribution in [0.1, 0.15) is 72.1 Å². The molecule has 4 atom stereocenters. The summed E-state index contributed by atoms with van der Waals surface area (Å²) in [5.41, 5.74) is 6.24.